The van der Waals surface area contributed by atoms with Crippen LogP contribution in [0.2, 0.25) is 0 Å². The Kier molecular flexibility index (Phi) is 12.5. The standard InChI is InChI=1S/C21H22N8O.C15H19N5O.C6H4BrN3/c1-15-6-7-16(26-20-19-8-9-23-28(19)13-12-22-20)14-27(15)21(30)17-4-2-3-5-18(17)29-24-10-11-25-29;1-11-6-7-12(16)10-19(11)15(21)13-4-2-3-5-14(13)20-17-8-9-18-20;7-6-5-1-2-9-10(5)4-3-8-6/h2-5,8-13,15-16H,6-7,14H2,1H3,(H,22,26);2-5,8-9,11-12H,6-7,10,16H2,1H3;1-4H/t15-,16-;11-,12-;/m11./s1. The van der Waals surface area contributed by atoms with Crippen LogP contribution >= 0.6 is 15.9 Å². The number of piperidine rings is 2. The summed E-state index contributed by atoms with van der Waals surface area (Å²) in [6.07, 6.45) is 20.7. The highest BCUT2D eigenvalue weighted by atomic mass is 79.9. The predicted octanol–water partition coefficient (Wildman–Crippen LogP) is 5.13. The number of para-hydroxylation sites is 2. The molecule has 8 heterocycles. The second-order valence-electron chi connectivity index (χ2n) is 14.9. The average Bonchev–Trinajstić information content (AvgIpc) is 4.14. The zero-order valence-corrected chi connectivity index (χ0v) is 35.2. The average molecular weight is 886 g/mol. The fourth-order valence-electron chi connectivity index (χ4n) is 7.56. The van der Waals surface area contributed by atoms with Crippen LogP contribution in [0.5, 0.6) is 0 Å². The molecule has 10 rings (SSSR count). The number of hydrogen-bond donors (Lipinski definition) is 2. The molecule has 0 radical (unpaired) electrons. The molecule has 0 unspecified atom stereocenters. The second kappa shape index (κ2) is 18.6. The number of hydrogen-bond acceptors (Lipinski definition) is 12. The fraction of sp³-hybridized carbons (Fsp3) is 0.286. The number of anilines is 1. The van der Waals surface area contributed by atoms with Gasteiger partial charge in [-0.25, -0.2) is 19.0 Å². The number of likely N-dealkylation sites (tertiary alicyclic amines) is 2. The van der Waals surface area contributed by atoms with Gasteiger partial charge in [-0.05, 0) is 91.9 Å². The summed E-state index contributed by atoms with van der Waals surface area (Å²) in [6, 6.07) is 19.2. The van der Waals surface area contributed by atoms with E-state index in [0.29, 0.717) is 35.6 Å². The van der Waals surface area contributed by atoms with E-state index in [1.807, 2.05) is 76.7 Å². The molecule has 4 atom stereocenters. The third kappa shape index (κ3) is 9.17. The van der Waals surface area contributed by atoms with Crippen molar-refractivity contribution in [1.82, 2.24) is 69.0 Å². The van der Waals surface area contributed by atoms with Gasteiger partial charge in [0.25, 0.3) is 11.8 Å². The van der Waals surface area contributed by atoms with Crippen LogP contribution in [-0.2, 0) is 0 Å². The molecule has 2 fully saturated rings. The minimum absolute atomic E-state index is 0.00875. The first-order valence-electron chi connectivity index (χ1n) is 20.0. The van der Waals surface area contributed by atoms with Gasteiger partial charge in [-0.2, -0.15) is 40.2 Å². The Hall–Kier alpha value is -6.86. The molecule has 2 aliphatic rings. The van der Waals surface area contributed by atoms with E-state index in [4.69, 9.17) is 5.73 Å². The summed E-state index contributed by atoms with van der Waals surface area (Å²) >= 11 is 3.30. The van der Waals surface area contributed by atoms with E-state index in [0.717, 1.165) is 47.1 Å². The number of amides is 2. The lowest BCUT2D eigenvalue weighted by atomic mass is 9.98. The highest BCUT2D eigenvalue weighted by molar-refractivity contribution is 9.10. The van der Waals surface area contributed by atoms with E-state index >= 15 is 0 Å². The number of nitrogens with one attached hydrogen (secondary N) is 1. The summed E-state index contributed by atoms with van der Waals surface area (Å²) in [5.41, 5.74) is 10.5. The lowest BCUT2D eigenvalue weighted by Gasteiger charge is -2.38. The monoisotopic (exact) mass is 884 g/mol. The maximum atomic E-state index is 13.5. The van der Waals surface area contributed by atoms with Crippen LogP contribution < -0.4 is 11.1 Å². The van der Waals surface area contributed by atoms with Crippen molar-refractivity contribution in [1.29, 1.82) is 0 Å². The summed E-state index contributed by atoms with van der Waals surface area (Å²) in [5, 5.41) is 28.4. The third-order valence-corrected chi connectivity index (χ3v) is 11.4. The van der Waals surface area contributed by atoms with E-state index in [2.05, 4.69) is 75.7 Å². The molecule has 312 valence electrons. The number of aromatic nitrogens is 12. The summed E-state index contributed by atoms with van der Waals surface area (Å²) in [6.45, 7) is 5.36. The molecule has 2 saturated heterocycles. The van der Waals surface area contributed by atoms with E-state index in [9.17, 15) is 9.59 Å². The van der Waals surface area contributed by atoms with Gasteiger partial charge in [0.2, 0.25) is 0 Å². The largest absolute Gasteiger partial charge is 0.364 e. The topological polar surface area (TPSA) is 200 Å². The molecule has 8 aromatic rings. The Balaban J connectivity index is 0.000000143. The number of rotatable bonds is 6. The number of benzene rings is 2. The van der Waals surface area contributed by atoms with Gasteiger partial charge in [-0.15, -0.1) is 0 Å². The van der Waals surface area contributed by atoms with Crippen molar-refractivity contribution in [3.63, 3.8) is 0 Å². The number of halogens is 1. The van der Waals surface area contributed by atoms with Crippen LogP contribution in [0.3, 0.4) is 0 Å². The van der Waals surface area contributed by atoms with Gasteiger partial charge in [0, 0.05) is 62.0 Å². The van der Waals surface area contributed by atoms with Crippen molar-refractivity contribution in [2.75, 3.05) is 18.4 Å². The number of carbonyl (C=O) groups is 2. The molecule has 61 heavy (non-hydrogen) atoms. The van der Waals surface area contributed by atoms with E-state index in [1.54, 1.807) is 64.8 Å². The Bertz CT molecular complexity index is 2700. The molecule has 6 aromatic heterocycles. The van der Waals surface area contributed by atoms with E-state index < -0.39 is 0 Å². The molecule has 2 aromatic carbocycles. The van der Waals surface area contributed by atoms with Crippen LogP contribution in [0.25, 0.3) is 22.4 Å². The molecule has 0 saturated carbocycles. The normalized spacial score (nSPS) is 18.8. The van der Waals surface area contributed by atoms with Crippen LogP contribution in [-0.4, -0.2) is 118 Å². The van der Waals surface area contributed by atoms with Gasteiger partial charge in [0.1, 0.15) is 10.1 Å². The maximum Gasteiger partial charge on any atom is 0.256 e. The van der Waals surface area contributed by atoms with Crippen LogP contribution in [0.4, 0.5) is 5.82 Å². The van der Waals surface area contributed by atoms with Crippen molar-refractivity contribution >= 4 is 44.6 Å². The third-order valence-electron chi connectivity index (χ3n) is 10.8. The molecule has 0 spiro atoms. The maximum absolute atomic E-state index is 13.5. The summed E-state index contributed by atoms with van der Waals surface area (Å²) in [7, 11) is 0. The van der Waals surface area contributed by atoms with Crippen LogP contribution in [0, 0.1) is 0 Å². The second-order valence-corrected chi connectivity index (χ2v) is 15.6. The Labute approximate surface area is 359 Å². The first-order chi connectivity index (χ1) is 29.7. The molecule has 0 bridgehead atoms. The highest BCUT2D eigenvalue weighted by Crippen LogP contribution is 2.26. The Morgan fingerprint density at radius 2 is 1.11 bits per heavy atom. The minimum atomic E-state index is -0.0163. The fourth-order valence-corrected chi connectivity index (χ4v) is 7.99. The van der Waals surface area contributed by atoms with Gasteiger partial charge in [0.15, 0.2) is 5.82 Å². The van der Waals surface area contributed by atoms with Gasteiger partial charge < -0.3 is 20.9 Å². The Morgan fingerprint density at radius 1 is 0.607 bits per heavy atom. The zero-order valence-electron chi connectivity index (χ0n) is 33.6. The van der Waals surface area contributed by atoms with Crippen LogP contribution in [0.1, 0.15) is 60.2 Å². The molecule has 2 amide bonds. The molecular formula is C42H45BrN16O2. The molecule has 18 nitrogen and oxygen atoms in total. The quantitative estimate of drug-likeness (QED) is 0.224. The summed E-state index contributed by atoms with van der Waals surface area (Å²) in [4.78, 5) is 41.6. The number of carbonyl (C=O) groups excluding carboxylic acids is 2. The van der Waals surface area contributed by atoms with Crippen molar-refractivity contribution in [2.45, 2.75) is 63.7 Å². The minimum Gasteiger partial charge on any atom is -0.364 e. The number of fused-ring (bicyclic) bond motifs is 2. The van der Waals surface area contributed by atoms with E-state index in [-0.39, 0.29) is 36.0 Å². The zero-order chi connectivity index (χ0) is 42.3. The van der Waals surface area contributed by atoms with Crippen molar-refractivity contribution < 1.29 is 9.59 Å². The summed E-state index contributed by atoms with van der Waals surface area (Å²) < 4.78 is 4.38. The van der Waals surface area contributed by atoms with Crippen LogP contribution in [0.15, 0.2) is 127 Å². The molecule has 2 aliphatic heterocycles. The number of nitrogens with two attached hydrogens (primary N) is 1. The summed E-state index contributed by atoms with van der Waals surface area (Å²) in [5.74, 6) is 0.756. The van der Waals surface area contributed by atoms with Crippen molar-refractivity contribution in [3.05, 3.63) is 138 Å². The highest BCUT2D eigenvalue weighted by Gasteiger charge is 2.32. The Morgan fingerprint density at radius 3 is 1.70 bits per heavy atom. The lowest BCUT2D eigenvalue weighted by Crippen LogP contribution is -2.50. The van der Waals surface area contributed by atoms with Gasteiger partial charge in [0.05, 0.1) is 65.2 Å². The predicted molar refractivity (Wildman–Crippen MR) is 231 cm³/mol. The number of nitrogens with zero attached hydrogens (tertiary/aromatic N) is 14. The van der Waals surface area contributed by atoms with Gasteiger partial charge >= 0.3 is 0 Å². The van der Waals surface area contributed by atoms with E-state index in [1.165, 1.54) is 9.59 Å². The molecule has 19 heteroatoms. The smallest absolute Gasteiger partial charge is 0.256 e. The van der Waals surface area contributed by atoms with Gasteiger partial charge in [-0.1, -0.05) is 24.3 Å². The van der Waals surface area contributed by atoms with Crippen molar-refractivity contribution in [2.24, 2.45) is 5.73 Å². The van der Waals surface area contributed by atoms with Crippen molar-refractivity contribution in [3.8, 4) is 11.4 Å². The van der Waals surface area contributed by atoms with Gasteiger partial charge in [-0.3, -0.25) is 9.59 Å². The SMILES string of the molecule is Brc1nccn2nccc12.C[C@@H]1CC[C@@H](N)CN1C(=O)c1ccccc1-n1nccn1.C[C@@H]1CC[C@@H](Nc2nccn3nccc23)CN1C(=O)c1ccccc1-n1nccn1. The first kappa shape index (κ1) is 40.9. The molecule has 0 aliphatic carbocycles. The lowest BCUT2D eigenvalue weighted by molar-refractivity contribution is 0.0608. The molecule has 3 N–H and O–H groups in total. The molecular weight excluding hydrogens is 840 g/mol. The first-order valence-corrected chi connectivity index (χ1v) is 20.8.